The predicted molar refractivity (Wildman–Crippen MR) is 123 cm³/mol. The number of amides is 1. The summed E-state index contributed by atoms with van der Waals surface area (Å²) >= 11 is 5.96. The van der Waals surface area contributed by atoms with Crippen molar-refractivity contribution in [2.75, 3.05) is 0 Å². The van der Waals surface area contributed by atoms with Gasteiger partial charge in [0.15, 0.2) is 5.69 Å². The average molecular weight is 506 g/mol. The van der Waals surface area contributed by atoms with Crippen LogP contribution in [0.1, 0.15) is 21.6 Å². The number of nitrogens with one attached hydrogen (secondary N) is 1. The van der Waals surface area contributed by atoms with Gasteiger partial charge in [0.2, 0.25) is 0 Å². The van der Waals surface area contributed by atoms with Crippen LogP contribution in [0.25, 0.3) is 10.9 Å². The maximum Gasteiger partial charge on any atom is 0.387 e. The Bertz CT molecular complexity index is 1470. The molecular weight excluding hydrogens is 488 g/mol. The molecule has 0 saturated carbocycles. The number of hydrogen-bond acceptors (Lipinski definition) is 5. The Kier molecular flexibility index (Phi) is 6.54. The normalized spacial score (nSPS) is 11.7. The maximum absolute atomic E-state index is 12.9. The fourth-order valence-electron chi connectivity index (χ4n) is 3.38. The zero-order valence-corrected chi connectivity index (χ0v) is 19.3. The Morgan fingerprint density at radius 2 is 1.82 bits per heavy atom. The smallest absolute Gasteiger partial charge is 0.387 e. The first kappa shape index (κ1) is 23.7. The van der Waals surface area contributed by atoms with Crippen LogP contribution in [0, 0.1) is 6.92 Å². The van der Waals surface area contributed by atoms with Crippen molar-refractivity contribution in [2.45, 2.75) is 25.0 Å². The number of aromatic nitrogens is 2. The van der Waals surface area contributed by atoms with E-state index in [1.54, 1.807) is 43.3 Å². The van der Waals surface area contributed by atoms with Gasteiger partial charge >= 0.3 is 6.61 Å². The summed E-state index contributed by atoms with van der Waals surface area (Å²) in [7, 11) is -4.16. The largest absolute Gasteiger partial charge is 0.435 e. The van der Waals surface area contributed by atoms with Crippen molar-refractivity contribution in [2.24, 2.45) is 0 Å². The summed E-state index contributed by atoms with van der Waals surface area (Å²) in [4.78, 5) is 12.8. The molecule has 0 bridgehead atoms. The summed E-state index contributed by atoms with van der Waals surface area (Å²) in [5.74, 6) is -0.866. The first-order valence-electron chi connectivity index (χ1n) is 9.96. The molecule has 34 heavy (non-hydrogen) atoms. The topological polar surface area (TPSA) is 90.3 Å². The Hall–Kier alpha value is -3.50. The Labute approximate surface area is 199 Å². The Morgan fingerprint density at radius 1 is 1.12 bits per heavy atom. The molecule has 0 fully saturated rings. The van der Waals surface area contributed by atoms with Gasteiger partial charge in [-0.1, -0.05) is 41.9 Å². The number of rotatable bonds is 7. The number of sulfonamides is 1. The lowest BCUT2D eigenvalue weighted by molar-refractivity contribution is -0.0498. The van der Waals surface area contributed by atoms with Crippen LogP contribution in [0.3, 0.4) is 0 Å². The molecule has 0 radical (unpaired) electrons. The molecule has 1 amide bonds. The highest BCUT2D eigenvalue weighted by Crippen LogP contribution is 2.23. The van der Waals surface area contributed by atoms with E-state index in [1.165, 1.54) is 35.0 Å². The van der Waals surface area contributed by atoms with Gasteiger partial charge in [-0.05, 0) is 54.4 Å². The highest BCUT2D eigenvalue weighted by Gasteiger charge is 2.24. The Morgan fingerprint density at radius 3 is 2.50 bits per heavy atom. The summed E-state index contributed by atoms with van der Waals surface area (Å²) in [5, 5.41) is 5.20. The van der Waals surface area contributed by atoms with E-state index >= 15 is 0 Å². The van der Waals surface area contributed by atoms with Crippen LogP contribution in [0.5, 0.6) is 5.75 Å². The maximum atomic E-state index is 12.9. The Balaban J connectivity index is 1.62. The lowest BCUT2D eigenvalue weighted by Crippen LogP contribution is -2.31. The molecule has 11 heteroatoms. The van der Waals surface area contributed by atoms with Crippen LogP contribution in [0.4, 0.5) is 8.78 Å². The number of halogens is 3. The number of ether oxygens (including phenoxy) is 1. The summed E-state index contributed by atoms with van der Waals surface area (Å²) in [6.07, 6.45) is 0. The van der Waals surface area contributed by atoms with Gasteiger partial charge in [0.1, 0.15) is 5.75 Å². The fraction of sp³-hybridized carbons (Fsp3) is 0.130. The average Bonchev–Trinajstić information content (AvgIpc) is 3.15. The van der Waals surface area contributed by atoms with Gasteiger partial charge in [0, 0.05) is 10.4 Å². The molecule has 0 atom stereocenters. The van der Waals surface area contributed by atoms with Crippen molar-refractivity contribution in [1.82, 2.24) is 14.5 Å². The van der Waals surface area contributed by atoms with Crippen molar-refractivity contribution in [3.8, 4) is 5.75 Å². The van der Waals surface area contributed by atoms with Crippen molar-refractivity contribution in [1.29, 1.82) is 0 Å². The molecule has 1 aromatic heterocycles. The molecule has 4 rings (SSSR count). The first-order valence-corrected chi connectivity index (χ1v) is 11.8. The van der Waals surface area contributed by atoms with Gasteiger partial charge in [-0.15, -0.1) is 0 Å². The third-order valence-electron chi connectivity index (χ3n) is 5.02. The van der Waals surface area contributed by atoms with E-state index in [4.69, 9.17) is 11.6 Å². The molecular formula is C23H18ClF2N3O4S. The monoisotopic (exact) mass is 505 g/mol. The minimum absolute atomic E-state index is 0.0202. The number of hydrogen-bond donors (Lipinski definition) is 1. The summed E-state index contributed by atoms with van der Waals surface area (Å²) in [5.41, 5.74) is 1.80. The van der Waals surface area contributed by atoms with Gasteiger partial charge in [-0.3, -0.25) is 9.48 Å². The molecule has 3 aromatic carbocycles. The molecule has 176 valence electrons. The highest BCUT2D eigenvalue weighted by atomic mass is 35.5. The lowest BCUT2D eigenvalue weighted by Gasteiger charge is -2.08. The standard InChI is InChI=1S/C23H18ClF2N3O4S/c1-14-12-17(10-11-19(14)24)34(31,32)28-22(30)21-18-4-2-3-5-20(18)29(27-21)13-15-6-8-16(9-7-15)33-23(25)26/h2-12,23H,13H2,1H3,(H,28,30). The second-order valence-corrected chi connectivity index (χ2v) is 9.48. The molecule has 7 nitrogen and oxygen atoms in total. The van der Waals surface area contributed by atoms with Crippen LogP contribution in [-0.4, -0.2) is 30.7 Å². The van der Waals surface area contributed by atoms with Crippen LogP contribution < -0.4 is 9.46 Å². The van der Waals surface area contributed by atoms with Crippen LogP contribution in [0.15, 0.2) is 71.6 Å². The van der Waals surface area contributed by atoms with Crippen molar-refractivity contribution in [3.63, 3.8) is 0 Å². The number of carbonyl (C=O) groups is 1. The zero-order valence-electron chi connectivity index (χ0n) is 17.7. The molecule has 0 saturated heterocycles. The van der Waals surface area contributed by atoms with Crippen molar-refractivity contribution in [3.05, 3.63) is 88.6 Å². The van der Waals surface area contributed by atoms with Gasteiger partial charge in [-0.25, -0.2) is 13.1 Å². The predicted octanol–water partition coefficient (Wildman–Crippen LogP) is 4.77. The number of nitrogens with zero attached hydrogens (tertiary/aromatic N) is 2. The quantitative estimate of drug-likeness (QED) is 0.391. The minimum atomic E-state index is -4.16. The van der Waals surface area contributed by atoms with E-state index in [-0.39, 0.29) is 22.9 Å². The molecule has 0 spiro atoms. The number of para-hydroxylation sites is 1. The first-order chi connectivity index (χ1) is 16.1. The number of aryl methyl sites for hydroxylation is 1. The molecule has 1 N–H and O–H groups in total. The van der Waals surface area contributed by atoms with Crippen molar-refractivity contribution < 1.29 is 26.7 Å². The van der Waals surface area contributed by atoms with Crippen molar-refractivity contribution >= 4 is 38.4 Å². The highest BCUT2D eigenvalue weighted by molar-refractivity contribution is 7.90. The molecule has 4 aromatic rings. The van der Waals surface area contributed by atoms with E-state index in [2.05, 4.69) is 14.6 Å². The third-order valence-corrected chi connectivity index (χ3v) is 6.77. The molecule has 0 aliphatic heterocycles. The lowest BCUT2D eigenvalue weighted by atomic mass is 10.2. The van der Waals surface area contributed by atoms with E-state index in [0.29, 0.717) is 27.1 Å². The summed E-state index contributed by atoms with van der Waals surface area (Å²) in [6.45, 7) is -1.05. The second kappa shape index (κ2) is 9.40. The zero-order chi connectivity index (χ0) is 24.5. The summed E-state index contributed by atoms with van der Waals surface area (Å²) in [6, 6.07) is 17.0. The van der Waals surface area contributed by atoms with E-state index in [1.807, 2.05) is 0 Å². The van der Waals surface area contributed by atoms with E-state index in [9.17, 15) is 22.0 Å². The fourth-order valence-corrected chi connectivity index (χ4v) is 4.53. The van der Waals surface area contributed by atoms with Gasteiger partial charge in [-0.2, -0.15) is 13.9 Å². The summed E-state index contributed by atoms with van der Waals surface area (Å²) < 4.78 is 58.2. The second-order valence-electron chi connectivity index (χ2n) is 7.39. The van der Waals surface area contributed by atoms with E-state index in [0.717, 1.165) is 0 Å². The molecule has 0 unspecified atom stereocenters. The van der Waals surface area contributed by atoms with Crippen LogP contribution in [-0.2, 0) is 16.6 Å². The number of fused-ring (bicyclic) bond motifs is 1. The number of carbonyl (C=O) groups excluding carboxylic acids is 1. The van der Waals surface area contributed by atoms with Crippen LogP contribution >= 0.6 is 11.6 Å². The van der Waals surface area contributed by atoms with Crippen LogP contribution in [0.2, 0.25) is 5.02 Å². The third kappa shape index (κ3) is 5.02. The molecule has 1 heterocycles. The van der Waals surface area contributed by atoms with E-state index < -0.39 is 22.5 Å². The SMILES string of the molecule is Cc1cc(S(=O)(=O)NC(=O)c2nn(Cc3ccc(OC(F)F)cc3)c3ccccc23)ccc1Cl. The number of alkyl halides is 2. The molecule has 0 aliphatic rings. The molecule has 0 aliphatic carbocycles. The minimum Gasteiger partial charge on any atom is -0.435 e. The number of benzene rings is 3. The van der Waals surface area contributed by atoms with Gasteiger partial charge < -0.3 is 4.74 Å². The van der Waals surface area contributed by atoms with Gasteiger partial charge in [0.05, 0.1) is 17.0 Å². The van der Waals surface area contributed by atoms with Gasteiger partial charge in [0.25, 0.3) is 15.9 Å².